The van der Waals surface area contributed by atoms with E-state index >= 15 is 0 Å². The molecule has 3 aromatic heterocycles. The maximum Gasteiger partial charge on any atom is 0.135 e. The van der Waals surface area contributed by atoms with Gasteiger partial charge in [0.25, 0.3) is 0 Å². The number of furan rings is 1. The second kappa shape index (κ2) is 17.0. The number of rotatable bonds is 7. The Morgan fingerprint density at radius 1 is 0.551 bits per heavy atom. The van der Waals surface area contributed by atoms with Crippen LogP contribution in [0.5, 0.6) is 11.5 Å². The van der Waals surface area contributed by atoms with Gasteiger partial charge in [-0.15, -0.1) is 48.3 Å². The van der Waals surface area contributed by atoms with E-state index in [0.29, 0.717) is 11.5 Å². The average molecular weight is 1080 g/mol. The first-order valence-corrected chi connectivity index (χ1v) is 23.3. The minimum atomic E-state index is -0.205. The molecule has 0 unspecified atom stereocenters. The molecule has 0 spiro atoms. The maximum absolute atomic E-state index is 6.95. The van der Waals surface area contributed by atoms with E-state index in [1.165, 1.54) is 5.56 Å². The van der Waals surface area contributed by atoms with Crippen LogP contribution in [-0.2, 0) is 31.9 Å². The number of benzene rings is 8. The summed E-state index contributed by atoms with van der Waals surface area (Å²) in [6.45, 7) is 15.6. The number of hydrogen-bond donors (Lipinski definition) is 0. The number of nitrogens with zero attached hydrogens (tertiary/aromatic N) is 4. The predicted molar refractivity (Wildman–Crippen MR) is 280 cm³/mol. The molecule has 342 valence electrons. The number of anilines is 4. The fourth-order valence-corrected chi connectivity index (χ4v) is 9.74. The van der Waals surface area contributed by atoms with Crippen molar-refractivity contribution in [2.24, 2.45) is 0 Å². The van der Waals surface area contributed by atoms with Crippen molar-refractivity contribution in [1.29, 1.82) is 0 Å². The fraction of sp³-hybridized carbons (Fsp3) is 0.129. The maximum atomic E-state index is 6.95. The van der Waals surface area contributed by atoms with E-state index in [9.17, 15) is 0 Å². The Morgan fingerprint density at radius 3 is 1.88 bits per heavy atom. The zero-order chi connectivity index (χ0) is 46.3. The molecule has 4 heterocycles. The summed E-state index contributed by atoms with van der Waals surface area (Å²) in [5.74, 6) is 1.97. The van der Waals surface area contributed by atoms with Crippen LogP contribution in [0.4, 0.5) is 22.7 Å². The molecule has 0 saturated carbocycles. The number of aromatic nitrogens is 2. The van der Waals surface area contributed by atoms with Crippen LogP contribution in [0, 0.1) is 18.8 Å². The molecule has 11 aromatic rings. The van der Waals surface area contributed by atoms with E-state index in [-0.39, 0.29) is 31.9 Å². The average Bonchev–Trinajstić information content (AvgIpc) is 4.03. The van der Waals surface area contributed by atoms with Crippen molar-refractivity contribution in [3.63, 3.8) is 0 Å². The molecule has 12 rings (SSSR count). The molecule has 1 aliphatic rings. The number of hydrogen-bond acceptors (Lipinski definition) is 5. The van der Waals surface area contributed by atoms with Crippen LogP contribution in [-0.4, -0.2) is 9.55 Å². The van der Waals surface area contributed by atoms with Crippen LogP contribution in [0.15, 0.2) is 187 Å². The Bertz CT molecular complexity index is 3670. The van der Waals surface area contributed by atoms with Crippen LogP contribution in [0.1, 0.15) is 52.7 Å². The van der Waals surface area contributed by atoms with Crippen LogP contribution >= 0.6 is 0 Å². The standard InChI is InChI=1S/C62H49N4O2.Pt/c1-61(2,3)42-32-33-63-57(36-42)66-54-31-30-50-49-22-13-16-27-56(49)68-60(50)58(54)51-29-28-45(38-55(51)66)67-46-35-43(62(4,5)6)34-44(37-46)64-39-65(53-26-15-14-25-52(53)64)59-47(40-18-9-7-10-19-40)23-17-24-48(59)41-20-11-8-12-21-41;/h7-36,39H,1-6H3;/q-3;. The van der Waals surface area contributed by atoms with E-state index in [2.05, 4.69) is 232 Å². The molecule has 7 heteroatoms. The summed E-state index contributed by atoms with van der Waals surface area (Å²) in [5, 5.41) is 4.18. The van der Waals surface area contributed by atoms with E-state index in [1.54, 1.807) is 0 Å². The second-order valence-electron chi connectivity index (χ2n) is 19.8. The summed E-state index contributed by atoms with van der Waals surface area (Å²) in [7, 11) is 0. The molecule has 0 saturated heterocycles. The second-order valence-corrected chi connectivity index (χ2v) is 19.8. The normalized spacial score (nSPS) is 12.8. The van der Waals surface area contributed by atoms with Crippen molar-refractivity contribution in [2.45, 2.75) is 52.4 Å². The van der Waals surface area contributed by atoms with Gasteiger partial charge in [0.2, 0.25) is 0 Å². The largest absolute Gasteiger partial charge is 0.509 e. The number of pyridine rings is 1. The Labute approximate surface area is 417 Å². The molecule has 0 amide bonds. The van der Waals surface area contributed by atoms with Gasteiger partial charge in [0.1, 0.15) is 17.0 Å². The van der Waals surface area contributed by atoms with Gasteiger partial charge in [-0.3, -0.25) is 0 Å². The summed E-state index contributed by atoms with van der Waals surface area (Å²) in [5.41, 5.74) is 14.2. The monoisotopic (exact) mass is 1080 g/mol. The van der Waals surface area contributed by atoms with Crippen LogP contribution < -0.4 is 14.5 Å². The van der Waals surface area contributed by atoms with Gasteiger partial charge in [0, 0.05) is 83.2 Å². The first kappa shape index (κ1) is 44.1. The molecule has 0 bridgehead atoms. The molecule has 6 nitrogen and oxygen atoms in total. The van der Waals surface area contributed by atoms with Gasteiger partial charge in [-0.1, -0.05) is 162 Å². The zero-order valence-corrected chi connectivity index (χ0v) is 41.6. The zero-order valence-electron chi connectivity index (χ0n) is 39.3. The molecule has 0 N–H and O–H groups in total. The third-order valence-electron chi connectivity index (χ3n) is 13.3. The van der Waals surface area contributed by atoms with Gasteiger partial charge >= 0.3 is 0 Å². The molecule has 8 aromatic carbocycles. The minimum Gasteiger partial charge on any atom is -0.509 e. The first-order valence-electron chi connectivity index (χ1n) is 23.3. The summed E-state index contributed by atoms with van der Waals surface area (Å²) in [4.78, 5) is 9.55. The third kappa shape index (κ3) is 7.68. The molecule has 0 aliphatic carbocycles. The Balaban J connectivity index is 0.00000520. The molecule has 69 heavy (non-hydrogen) atoms. The van der Waals surface area contributed by atoms with Gasteiger partial charge in [-0.2, -0.15) is 6.07 Å². The van der Waals surface area contributed by atoms with Crippen molar-refractivity contribution in [3.05, 3.63) is 212 Å². The fourth-order valence-electron chi connectivity index (χ4n) is 9.74. The molecule has 0 fully saturated rings. The molecular weight excluding hydrogens is 1030 g/mol. The van der Waals surface area contributed by atoms with Crippen molar-refractivity contribution in [2.75, 3.05) is 9.80 Å². The van der Waals surface area contributed by atoms with E-state index in [0.717, 1.165) is 100 Å². The van der Waals surface area contributed by atoms with Gasteiger partial charge in [-0.25, -0.2) is 4.98 Å². The molecule has 1 aliphatic heterocycles. The van der Waals surface area contributed by atoms with Crippen molar-refractivity contribution >= 4 is 66.5 Å². The Hall–Kier alpha value is -7.40. The third-order valence-corrected chi connectivity index (χ3v) is 13.3. The van der Waals surface area contributed by atoms with Gasteiger partial charge in [0.15, 0.2) is 0 Å². The van der Waals surface area contributed by atoms with Crippen molar-refractivity contribution in [1.82, 2.24) is 9.55 Å². The Morgan fingerprint density at radius 2 is 1.19 bits per heavy atom. The minimum absolute atomic E-state index is 0. The number of para-hydroxylation sites is 4. The predicted octanol–water partition coefficient (Wildman–Crippen LogP) is 16.8. The van der Waals surface area contributed by atoms with Gasteiger partial charge in [-0.05, 0) is 75.4 Å². The van der Waals surface area contributed by atoms with Gasteiger partial charge in [0.05, 0.1) is 0 Å². The SMILES string of the molecule is CC(C)(C)c1cc(Oc2[c-]c3c(cc2)c2c4oc5ccccc5c4ccc2n3-c2cc(C(C)(C)C)ccn2)[c-]c(N2[CH-]N(c3c(-c4ccccc4)cccc3-c3ccccc3)c3ccccc32)c1.[Pt]. The van der Waals surface area contributed by atoms with E-state index in [1.807, 2.05) is 24.4 Å². The van der Waals surface area contributed by atoms with Crippen LogP contribution in [0.3, 0.4) is 0 Å². The molecular formula is C62H49N4O2Pt-3. The van der Waals surface area contributed by atoms with Crippen LogP contribution in [0.25, 0.3) is 71.8 Å². The smallest absolute Gasteiger partial charge is 0.135 e. The first-order chi connectivity index (χ1) is 33.0. The quantitative estimate of drug-likeness (QED) is 0.149. The van der Waals surface area contributed by atoms with E-state index < -0.39 is 0 Å². The van der Waals surface area contributed by atoms with Crippen molar-refractivity contribution < 1.29 is 30.2 Å². The van der Waals surface area contributed by atoms with Crippen molar-refractivity contribution in [3.8, 4) is 39.6 Å². The Kier molecular flexibility index (Phi) is 10.9. The summed E-state index contributed by atoms with van der Waals surface area (Å²) in [6, 6.07) is 69.3. The number of fused-ring (bicyclic) bond motifs is 8. The summed E-state index contributed by atoms with van der Waals surface area (Å²) in [6.07, 6.45) is 1.90. The summed E-state index contributed by atoms with van der Waals surface area (Å²) >= 11 is 0. The van der Waals surface area contributed by atoms with E-state index in [4.69, 9.17) is 14.1 Å². The molecule has 0 atom stereocenters. The topological polar surface area (TPSA) is 46.7 Å². The molecule has 0 radical (unpaired) electrons. The van der Waals surface area contributed by atoms with Crippen LogP contribution in [0.2, 0.25) is 0 Å². The van der Waals surface area contributed by atoms with Gasteiger partial charge < -0.3 is 23.5 Å². The number of ether oxygens (including phenoxy) is 1. The summed E-state index contributed by atoms with van der Waals surface area (Å²) < 4.78 is 15.8.